The van der Waals surface area contributed by atoms with Crippen molar-refractivity contribution in [1.29, 1.82) is 0 Å². The summed E-state index contributed by atoms with van der Waals surface area (Å²) in [6.07, 6.45) is -0.411. The molecule has 2 rings (SSSR count). The summed E-state index contributed by atoms with van der Waals surface area (Å²) in [4.78, 5) is 4.11. The highest BCUT2D eigenvalue weighted by atomic mass is 32.1. The molecule has 0 amide bonds. The molecule has 1 unspecified atom stereocenters. The minimum Gasteiger partial charge on any atom is -0.312 e. The molecule has 0 aliphatic rings. The Morgan fingerprint density at radius 3 is 2.52 bits per heavy atom. The van der Waals surface area contributed by atoms with Gasteiger partial charge in [0.15, 0.2) is 5.01 Å². The SMILES string of the molecule is CNC(CCCc1ccccc1)c1cnc(C(F)(F)F)s1. The molecule has 0 saturated carbocycles. The van der Waals surface area contributed by atoms with Gasteiger partial charge in [0.1, 0.15) is 0 Å². The third kappa shape index (κ3) is 4.54. The summed E-state index contributed by atoms with van der Waals surface area (Å²) in [6, 6.07) is 9.98. The zero-order valence-electron chi connectivity index (χ0n) is 11.7. The second kappa shape index (κ2) is 7.04. The van der Waals surface area contributed by atoms with Crippen LogP contribution in [0.15, 0.2) is 36.5 Å². The van der Waals surface area contributed by atoms with Crippen LogP contribution in [0.5, 0.6) is 0 Å². The third-order valence-electron chi connectivity index (χ3n) is 3.26. The van der Waals surface area contributed by atoms with Crippen LogP contribution in [0.1, 0.15) is 34.3 Å². The first-order valence-corrected chi connectivity index (χ1v) is 7.56. The van der Waals surface area contributed by atoms with Crippen LogP contribution in [-0.2, 0) is 12.6 Å². The Kier molecular flexibility index (Phi) is 5.36. The Morgan fingerprint density at radius 1 is 1.24 bits per heavy atom. The first kappa shape index (κ1) is 16.0. The molecule has 2 aromatic rings. The lowest BCUT2D eigenvalue weighted by Gasteiger charge is -2.13. The molecule has 0 spiro atoms. The molecular formula is C15H17F3N2S. The molecule has 21 heavy (non-hydrogen) atoms. The van der Waals surface area contributed by atoms with Crippen molar-refractivity contribution in [1.82, 2.24) is 10.3 Å². The summed E-state index contributed by atoms with van der Waals surface area (Å²) < 4.78 is 37.7. The minimum absolute atomic E-state index is 0.0812. The molecule has 1 aromatic heterocycles. The number of rotatable bonds is 6. The molecule has 1 atom stereocenters. The number of halogens is 3. The van der Waals surface area contributed by atoms with Gasteiger partial charge in [-0.05, 0) is 31.9 Å². The van der Waals surface area contributed by atoms with Crippen molar-refractivity contribution in [3.05, 3.63) is 52.0 Å². The fourth-order valence-electron chi connectivity index (χ4n) is 2.16. The highest BCUT2D eigenvalue weighted by molar-refractivity contribution is 7.11. The third-order valence-corrected chi connectivity index (χ3v) is 4.41. The summed E-state index contributed by atoms with van der Waals surface area (Å²) in [5.41, 5.74) is 1.24. The monoisotopic (exact) mass is 314 g/mol. The average molecular weight is 314 g/mol. The van der Waals surface area contributed by atoms with Crippen molar-refractivity contribution in [3.8, 4) is 0 Å². The normalized spacial score (nSPS) is 13.3. The molecule has 0 saturated heterocycles. The summed E-state index contributed by atoms with van der Waals surface area (Å²) in [6.45, 7) is 0. The van der Waals surface area contributed by atoms with Gasteiger partial charge in [-0.15, -0.1) is 11.3 Å². The Balaban J connectivity index is 1.92. The van der Waals surface area contributed by atoms with E-state index in [1.54, 1.807) is 7.05 Å². The molecule has 0 aliphatic heterocycles. The number of aryl methyl sites for hydroxylation is 1. The Morgan fingerprint density at radius 2 is 1.95 bits per heavy atom. The number of benzene rings is 1. The zero-order valence-corrected chi connectivity index (χ0v) is 12.5. The van der Waals surface area contributed by atoms with Crippen LogP contribution in [0, 0.1) is 0 Å². The molecule has 0 fully saturated rings. The molecule has 1 aromatic carbocycles. The summed E-state index contributed by atoms with van der Waals surface area (Å²) in [5, 5.41) is 2.30. The van der Waals surface area contributed by atoms with E-state index in [0.717, 1.165) is 30.6 Å². The van der Waals surface area contributed by atoms with Gasteiger partial charge >= 0.3 is 6.18 Å². The number of aromatic nitrogens is 1. The van der Waals surface area contributed by atoms with Gasteiger partial charge in [0.2, 0.25) is 0 Å². The molecule has 0 aliphatic carbocycles. The summed E-state index contributed by atoms with van der Waals surface area (Å²) in [7, 11) is 1.76. The molecule has 2 nitrogen and oxygen atoms in total. The van der Waals surface area contributed by atoms with Crippen LogP contribution in [0.4, 0.5) is 13.2 Å². The second-order valence-corrected chi connectivity index (χ2v) is 5.85. The van der Waals surface area contributed by atoms with Crippen LogP contribution >= 0.6 is 11.3 Å². The maximum Gasteiger partial charge on any atom is 0.443 e. The van der Waals surface area contributed by atoms with Gasteiger partial charge in [0, 0.05) is 17.1 Å². The maximum atomic E-state index is 12.6. The van der Waals surface area contributed by atoms with Gasteiger partial charge < -0.3 is 5.32 Å². The lowest BCUT2D eigenvalue weighted by atomic mass is 10.0. The predicted octanol–water partition coefficient (Wildman–Crippen LogP) is 4.45. The van der Waals surface area contributed by atoms with Crippen LogP contribution < -0.4 is 5.32 Å². The van der Waals surface area contributed by atoms with E-state index in [1.807, 2.05) is 18.2 Å². The first-order valence-electron chi connectivity index (χ1n) is 6.75. The zero-order chi connectivity index (χ0) is 15.3. The van der Waals surface area contributed by atoms with Crippen LogP contribution in [0.2, 0.25) is 0 Å². The largest absolute Gasteiger partial charge is 0.443 e. The predicted molar refractivity (Wildman–Crippen MR) is 78.3 cm³/mol. The van der Waals surface area contributed by atoms with Gasteiger partial charge in [-0.3, -0.25) is 0 Å². The standard InChI is InChI=1S/C15H17F3N2S/c1-19-12(9-5-8-11-6-3-2-4-7-11)13-10-20-14(21-13)15(16,17)18/h2-4,6-7,10,12,19H,5,8-9H2,1H3. The number of thiazole rings is 1. The summed E-state index contributed by atoms with van der Waals surface area (Å²) >= 11 is 0.720. The van der Waals surface area contributed by atoms with Crippen molar-refractivity contribution >= 4 is 11.3 Å². The molecule has 0 radical (unpaired) electrons. The molecule has 114 valence electrons. The molecule has 6 heteroatoms. The number of nitrogens with one attached hydrogen (secondary N) is 1. The number of hydrogen-bond donors (Lipinski definition) is 1. The van der Waals surface area contributed by atoms with Crippen molar-refractivity contribution in [3.63, 3.8) is 0 Å². The highest BCUT2D eigenvalue weighted by Crippen LogP contribution is 2.35. The van der Waals surface area contributed by atoms with Gasteiger partial charge in [-0.1, -0.05) is 30.3 Å². The van der Waals surface area contributed by atoms with Crippen LogP contribution in [0.3, 0.4) is 0 Å². The van der Waals surface area contributed by atoms with Crippen LogP contribution in [-0.4, -0.2) is 12.0 Å². The van der Waals surface area contributed by atoms with E-state index in [-0.39, 0.29) is 6.04 Å². The van der Waals surface area contributed by atoms with Crippen molar-refractivity contribution in [2.75, 3.05) is 7.05 Å². The fraction of sp³-hybridized carbons (Fsp3) is 0.400. The molecule has 0 bridgehead atoms. The first-order chi connectivity index (χ1) is 10.0. The Hall–Kier alpha value is -1.40. The average Bonchev–Trinajstić information content (AvgIpc) is 2.94. The van der Waals surface area contributed by atoms with E-state index in [9.17, 15) is 13.2 Å². The Labute approximate surface area is 126 Å². The number of nitrogens with zero attached hydrogens (tertiary/aromatic N) is 1. The fourth-order valence-corrected chi connectivity index (χ4v) is 3.09. The summed E-state index contributed by atoms with van der Waals surface area (Å²) in [5.74, 6) is 0. The van der Waals surface area contributed by atoms with Gasteiger partial charge in [0.05, 0.1) is 0 Å². The Bertz CT molecular complexity index is 552. The quantitative estimate of drug-likeness (QED) is 0.852. The van der Waals surface area contributed by atoms with E-state index in [1.165, 1.54) is 11.8 Å². The van der Waals surface area contributed by atoms with Crippen molar-refractivity contribution < 1.29 is 13.2 Å². The second-order valence-electron chi connectivity index (χ2n) is 4.78. The number of alkyl halides is 3. The van der Waals surface area contributed by atoms with E-state index in [0.29, 0.717) is 4.88 Å². The maximum absolute atomic E-state index is 12.6. The van der Waals surface area contributed by atoms with Gasteiger partial charge in [-0.25, -0.2) is 4.98 Å². The van der Waals surface area contributed by atoms with Crippen molar-refractivity contribution in [2.24, 2.45) is 0 Å². The molecule has 1 heterocycles. The number of hydrogen-bond acceptors (Lipinski definition) is 3. The van der Waals surface area contributed by atoms with E-state index in [2.05, 4.69) is 22.4 Å². The van der Waals surface area contributed by atoms with Crippen molar-refractivity contribution in [2.45, 2.75) is 31.5 Å². The lowest BCUT2D eigenvalue weighted by molar-refractivity contribution is -0.137. The molecule has 1 N–H and O–H groups in total. The van der Waals surface area contributed by atoms with Crippen LogP contribution in [0.25, 0.3) is 0 Å². The smallest absolute Gasteiger partial charge is 0.312 e. The van der Waals surface area contributed by atoms with Gasteiger partial charge in [0.25, 0.3) is 0 Å². The van der Waals surface area contributed by atoms with Gasteiger partial charge in [-0.2, -0.15) is 13.2 Å². The highest BCUT2D eigenvalue weighted by Gasteiger charge is 2.35. The lowest BCUT2D eigenvalue weighted by Crippen LogP contribution is -2.15. The molecular weight excluding hydrogens is 297 g/mol. The topological polar surface area (TPSA) is 24.9 Å². The van der Waals surface area contributed by atoms with E-state index < -0.39 is 11.2 Å². The van der Waals surface area contributed by atoms with E-state index in [4.69, 9.17) is 0 Å². The van der Waals surface area contributed by atoms with E-state index >= 15 is 0 Å². The minimum atomic E-state index is -4.36.